The minimum Gasteiger partial charge on any atom is -0.394 e. The van der Waals surface area contributed by atoms with Crippen LogP contribution in [0, 0.1) is 0 Å². The number of nitrogens with one attached hydrogen (secondary N) is 1. The molecule has 0 amide bonds. The van der Waals surface area contributed by atoms with Gasteiger partial charge in [0.2, 0.25) is 10.0 Å². The van der Waals surface area contributed by atoms with Gasteiger partial charge in [-0.3, -0.25) is 0 Å². The van der Waals surface area contributed by atoms with Gasteiger partial charge in [-0.15, -0.1) is 0 Å². The van der Waals surface area contributed by atoms with E-state index in [2.05, 4.69) is 5.32 Å². The summed E-state index contributed by atoms with van der Waals surface area (Å²) in [6.07, 6.45) is -0.697. The SMILES string of the molecule is CNc1ccc(S(=O)(=O)N2CC(C)OC(CO)C2)cc1. The molecule has 1 aromatic carbocycles. The molecule has 0 spiro atoms. The van der Waals surface area contributed by atoms with E-state index in [0.717, 1.165) is 5.69 Å². The van der Waals surface area contributed by atoms with Crippen molar-refractivity contribution in [3.8, 4) is 0 Å². The molecule has 2 rings (SSSR count). The van der Waals surface area contributed by atoms with E-state index in [9.17, 15) is 13.5 Å². The van der Waals surface area contributed by atoms with Crippen LogP contribution < -0.4 is 5.32 Å². The van der Waals surface area contributed by atoms with E-state index in [1.807, 2.05) is 0 Å². The first kappa shape index (κ1) is 15.2. The summed E-state index contributed by atoms with van der Waals surface area (Å²) in [5.74, 6) is 0. The third kappa shape index (κ3) is 3.12. The monoisotopic (exact) mass is 300 g/mol. The van der Waals surface area contributed by atoms with E-state index < -0.39 is 16.1 Å². The summed E-state index contributed by atoms with van der Waals surface area (Å²) in [5, 5.41) is 12.1. The number of hydrogen-bond donors (Lipinski definition) is 2. The van der Waals surface area contributed by atoms with Crippen molar-refractivity contribution in [3.63, 3.8) is 0 Å². The van der Waals surface area contributed by atoms with Crippen LogP contribution in [0.15, 0.2) is 29.2 Å². The van der Waals surface area contributed by atoms with Crippen molar-refractivity contribution in [3.05, 3.63) is 24.3 Å². The van der Waals surface area contributed by atoms with Crippen LogP contribution in [-0.2, 0) is 14.8 Å². The maximum Gasteiger partial charge on any atom is 0.243 e. The first-order chi connectivity index (χ1) is 9.47. The lowest BCUT2D eigenvalue weighted by molar-refractivity contribution is -0.0750. The minimum absolute atomic E-state index is 0.178. The molecule has 0 saturated carbocycles. The molecule has 20 heavy (non-hydrogen) atoms. The van der Waals surface area contributed by atoms with Gasteiger partial charge in [-0.2, -0.15) is 4.31 Å². The molecule has 2 atom stereocenters. The summed E-state index contributed by atoms with van der Waals surface area (Å²) >= 11 is 0. The third-order valence-electron chi connectivity index (χ3n) is 3.28. The Labute approximate surface area is 119 Å². The Balaban J connectivity index is 2.24. The van der Waals surface area contributed by atoms with E-state index >= 15 is 0 Å². The van der Waals surface area contributed by atoms with E-state index in [1.54, 1.807) is 38.2 Å². The first-order valence-corrected chi connectivity index (χ1v) is 7.95. The highest BCUT2D eigenvalue weighted by Gasteiger charge is 2.33. The van der Waals surface area contributed by atoms with Crippen LogP contribution in [-0.4, -0.2) is 56.8 Å². The molecule has 112 valence electrons. The zero-order valence-electron chi connectivity index (χ0n) is 11.6. The van der Waals surface area contributed by atoms with Crippen molar-refractivity contribution in [2.24, 2.45) is 0 Å². The van der Waals surface area contributed by atoms with Crippen molar-refractivity contribution in [1.29, 1.82) is 0 Å². The molecule has 1 aliphatic heterocycles. The highest BCUT2D eigenvalue weighted by molar-refractivity contribution is 7.89. The fraction of sp³-hybridized carbons (Fsp3) is 0.538. The van der Waals surface area contributed by atoms with Gasteiger partial charge in [0.15, 0.2) is 0 Å². The normalized spacial score (nSPS) is 24.6. The second-order valence-electron chi connectivity index (χ2n) is 4.85. The van der Waals surface area contributed by atoms with Crippen LogP contribution in [0.2, 0.25) is 0 Å². The quantitative estimate of drug-likeness (QED) is 0.846. The Morgan fingerprint density at radius 2 is 2.00 bits per heavy atom. The first-order valence-electron chi connectivity index (χ1n) is 6.51. The Morgan fingerprint density at radius 3 is 2.55 bits per heavy atom. The number of nitrogens with zero attached hydrogens (tertiary/aromatic N) is 1. The smallest absolute Gasteiger partial charge is 0.243 e. The second-order valence-corrected chi connectivity index (χ2v) is 6.79. The Morgan fingerprint density at radius 1 is 1.35 bits per heavy atom. The molecule has 1 saturated heterocycles. The Hall–Kier alpha value is -1.15. The van der Waals surface area contributed by atoms with Gasteiger partial charge in [-0.05, 0) is 31.2 Å². The number of benzene rings is 1. The Bertz CT molecular complexity index is 544. The van der Waals surface area contributed by atoms with Gasteiger partial charge in [0, 0.05) is 25.8 Å². The summed E-state index contributed by atoms with van der Waals surface area (Å²) < 4.78 is 32.0. The van der Waals surface area contributed by atoms with Gasteiger partial charge in [0.25, 0.3) is 0 Å². The summed E-state index contributed by atoms with van der Waals surface area (Å²) in [4.78, 5) is 0.252. The van der Waals surface area contributed by atoms with Crippen molar-refractivity contribution < 1.29 is 18.3 Å². The van der Waals surface area contributed by atoms with Crippen molar-refractivity contribution in [2.45, 2.75) is 24.0 Å². The van der Waals surface area contributed by atoms with Gasteiger partial charge < -0.3 is 15.2 Å². The molecular formula is C13H20N2O4S. The zero-order valence-corrected chi connectivity index (χ0v) is 12.4. The summed E-state index contributed by atoms with van der Waals surface area (Å²) in [5.41, 5.74) is 0.854. The molecule has 0 bridgehead atoms. The average Bonchev–Trinajstić information content (AvgIpc) is 2.46. The van der Waals surface area contributed by atoms with E-state index in [-0.39, 0.29) is 24.2 Å². The molecular weight excluding hydrogens is 280 g/mol. The highest BCUT2D eigenvalue weighted by atomic mass is 32.2. The van der Waals surface area contributed by atoms with E-state index in [0.29, 0.717) is 6.54 Å². The van der Waals surface area contributed by atoms with Gasteiger partial charge in [0.05, 0.1) is 23.7 Å². The number of hydrogen-bond acceptors (Lipinski definition) is 5. The van der Waals surface area contributed by atoms with Crippen LogP contribution >= 0.6 is 0 Å². The maximum atomic E-state index is 12.6. The molecule has 1 fully saturated rings. The predicted octanol–water partition coefficient (Wildman–Crippen LogP) is 0.499. The molecule has 7 heteroatoms. The van der Waals surface area contributed by atoms with E-state index in [4.69, 9.17) is 4.74 Å². The summed E-state index contributed by atoms with van der Waals surface area (Å²) in [7, 11) is -1.77. The lowest BCUT2D eigenvalue weighted by Gasteiger charge is -2.35. The number of aliphatic hydroxyl groups is 1. The average molecular weight is 300 g/mol. The molecule has 2 unspecified atom stereocenters. The standard InChI is InChI=1S/C13H20N2O4S/c1-10-7-15(8-12(9-16)19-10)20(17,18)13-5-3-11(14-2)4-6-13/h3-6,10,12,14,16H,7-9H2,1-2H3. The van der Waals surface area contributed by atoms with Gasteiger partial charge in [0.1, 0.15) is 0 Å². The number of ether oxygens (including phenoxy) is 1. The van der Waals surface area contributed by atoms with E-state index in [1.165, 1.54) is 4.31 Å². The lowest BCUT2D eigenvalue weighted by atomic mass is 10.2. The number of rotatable bonds is 4. The fourth-order valence-electron chi connectivity index (χ4n) is 2.24. The van der Waals surface area contributed by atoms with Gasteiger partial charge >= 0.3 is 0 Å². The summed E-state index contributed by atoms with van der Waals surface area (Å²) in [6.45, 7) is 2.09. The second kappa shape index (κ2) is 6.09. The van der Waals surface area contributed by atoms with Crippen LogP contribution in [0.5, 0.6) is 0 Å². The third-order valence-corrected chi connectivity index (χ3v) is 5.12. The molecule has 1 aromatic rings. The zero-order chi connectivity index (χ0) is 14.8. The largest absolute Gasteiger partial charge is 0.394 e. The number of morpholine rings is 1. The molecule has 0 aromatic heterocycles. The molecule has 6 nitrogen and oxygen atoms in total. The highest BCUT2D eigenvalue weighted by Crippen LogP contribution is 2.22. The van der Waals surface area contributed by atoms with Gasteiger partial charge in [-0.1, -0.05) is 0 Å². The Kier molecular flexibility index (Phi) is 4.64. The predicted molar refractivity (Wildman–Crippen MR) is 76.2 cm³/mol. The van der Waals surface area contributed by atoms with Crippen LogP contribution in [0.25, 0.3) is 0 Å². The van der Waals surface area contributed by atoms with Crippen molar-refractivity contribution in [2.75, 3.05) is 32.1 Å². The van der Waals surface area contributed by atoms with Gasteiger partial charge in [-0.25, -0.2) is 8.42 Å². The van der Waals surface area contributed by atoms with Crippen LogP contribution in [0.4, 0.5) is 5.69 Å². The lowest BCUT2D eigenvalue weighted by Crippen LogP contribution is -2.50. The summed E-state index contributed by atoms with van der Waals surface area (Å²) in [6, 6.07) is 6.60. The molecule has 2 N–H and O–H groups in total. The van der Waals surface area contributed by atoms with Crippen molar-refractivity contribution >= 4 is 15.7 Å². The number of anilines is 1. The minimum atomic E-state index is -3.55. The number of aliphatic hydroxyl groups excluding tert-OH is 1. The fourth-order valence-corrected chi connectivity index (χ4v) is 3.79. The maximum absolute atomic E-state index is 12.6. The molecule has 0 radical (unpaired) electrons. The topological polar surface area (TPSA) is 78.9 Å². The molecule has 1 aliphatic rings. The van der Waals surface area contributed by atoms with Crippen molar-refractivity contribution in [1.82, 2.24) is 4.31 Å². The number of sulfonamides is 1. The van der Waals surface area contributed by atoms with Crippen LogP contribution in [0.3, 0.4) is 0 Å². The van der Waals surface area contributed by atoms with Crippen LogP contribution in [0.1, 0.15) is 6.92 Å². The molecule has 0 aliphatic carbocycles. The molecule has 1 heterocycles.